The highest BCUT2D eigenvalue weighted by atomic mass is 19.1. The molecule has 0 bridgehead atoms. The summed E-state index contributed by atoms with van der Waals surface area (Å²) >= 11 is 0. The maximum absolute atomic E-state index is 13.9. The van der Waals surface area contributed by atoms with Crippen LogP contribution in [-0.2, 0) is 0 Å². The lowest BCUT2D eigenvalue weighted by Crippen LogP contribution is -2.15. The molecule has 0 saturated heterocycles. The summed E-state index contributed by atoms with van der Waals surface area (Å²) in [5, 5.41) is 10.2. The minimum atomic E-state index is -1.11. The third-order valence-electron chi connectivity index (χ3n) is 3.48. The van der Waals surface area contributed by atoms with E-state index in [0.717, 1.165) is 31.4 Å². The Morgan fingerprint density at radius 3 is 2.21 bits per heavy atom. The molecule has 0 aromatic heterocycles. The highest BCUT2D eigenvalue weighted by Gasteiger charge is 2.25. The summed E-state index contributed by atoms with van der Waals surface area (Å²) in [5.74, 6) is -1.51. The van der Waals surface area contributed by atoms with E-state index in [4.69, 9.17) is 4.74 Å². The molecule has 0 radical (unpaired) electrons. The molecule has 0 fully saturated rings. The van der Waals surface area contributed by atoms with Gasteiger partial charge < -0.3 is 9.84 Å². The average molecular weight is 272 g/mol. The predicted molar refractivity (Wildman–Crippen MR) is 71.2 cm³/mol. The molecule has 0 amide bonds. The van der Waals surface area contributed by atoms with E-state index >= 15 is 0 Å². The summed E-state index contributed by atoms with van der Waals surface area (Å²) in [4.78, 5) is 0. The average Bonchev–Trinajstić information content (AvgIpc) is 2.38. The van der Waals surface area contributed by atoms with Gasteiger partial charge in [-0.1, -0.05) is 33.1 Å². The van der Waals surface area contributed by atoms with Gasteiger partial charge in [-0.2, -0.15) is 0 Å². The molecule has 1 N–H and O–H groups in total. The lowest BCUT2D eigenvalue weighted by Gasteiger charge is -2.23. The number of benzene rings is 1. The van der Waals surface area contributed by atoms with Crippen molar-refractivity contribution in [3.05, 3.63) is 29.3 Å². The second-order valence-electron chi connectivity index (χ2n) is 4.76. The molecule has 108 valence electrons. The Bertz CT molecular complexity index is 384. The minimum Gasteiger partial charge on any atom is -0.497 e. The highest BCUT2D eigenvalue weighted by Crippen LogP contribution is 2.33. The van der Waals surface area contributed by atoms with Crippen molar-refractivity contribution in [3.8, 4) is 5.75 Å². The molecule has 0 aliphatic carbocycles. The van der Waals surface area contributed by atoms with Crippen molar-refractivity contribution in [1.29, 1.82) is 0 Å². The molecule has 1 aromatic carbocycles. The summed E-state index contributed by atoms with van der Waals surface area (Å²) in [6.07, 6.45) is 2.28. The van der Waals surface area contributed by atoms with Crippen molar-refractivity contribution in [3.63, 3.8) is 0 Å². The van der Waals surface area contributed by atoms with Crippen molar-refractivity contribution in [2.45, 2.75) is 45.6 Å². The normalized spacial score (nSPS) is 14.2. The number of hydrogen-bond acceptors (Lipinski definition) is 2. The van der Waals surface area contributed by atoms with Gasteiger partial charge in [0, 0.05) is 12.1 Å². The SMILES string of the molecule is CCCCC(CC)C(O)c1c(F)cc(OC)cc1F. The van der Waals surface area contributed by atoms with Crippen molar-refractivity contribution in [2.75, 3.05) is 7.11 Å². The molecule has 2 nitrogen and oxygen atoms in total. The number of rotatable bonds is 7. The van der Waals surface area contributed by atoms with Crippen LogP contribution in [0.1, 0.15) is 51.2 Å². The molecule has 0 heterocycles. The molecular weight excluding hydrogens is 250 g/mol. The lowest BCUT2D eigenvalue weighted by atomic mass is 9.88. The van der Waals surface area contributed by atoms with E-state index < -0.39 is 17.7 Å². The smallest absolute Gasteiger partial charge is 0.135 e. The van der Waals surface area contributed by atoms with Crippen LogP contribution in [0.2, 0.25) is 0 Å². The Balaban J connectivity index is 3.00. The summed E-state index contributed by atoms with van der Waals surface area (Å²) in [6.45, 7) is 3.97. The van der Waals surface area contributed by atoms with Gasteiger partial charge in [0.15, 0.2) is 0 Å². The number of aliphatic hydroxyl groups excluding tert-OH is 1. The van der Waals surface area contributed by atoms with Crippen molar-refractivity contribution >= 4 is 0 Å². The van der Waals surface area contributed by atoms with E-state index in [9.17, 15) is 13.9 Å². The van der Waals surface area contributed by atoms with Gasteiger partial charge in [0.1, 0.15) is 17.4 Å². The summed E-state index contributed by atoms with van der Waals surface area (Å²) in [5.41, 5.74) is -0.247. The molecule has 4 heteroatoms. The fourth-order valence-electron chi connectivity index (χ4n) is 2.25. The van der Waals surface area contributed by atoms with E-state index in [0.29, 0.717) is 6.42 Å². The number of hydrogen-bond donors (Lipinski definition) is 1. The fraction of sp³-hybridized carbons (Fsp3) is 0.600. The Kier molecular flexibility index (Phi) is 6.22. The summed E-state index contributed by atoms with van der Waals surface area (Å²) in [6, 6.07) is 2.21. The Labute approximate surface area is 113 Å². The van der Waals surface area contributed by atoms with Crippen molar-refractivity contribution in [1.82, 2.24) is 0 Å². The predicted octanol–water partition coefficient (Wildman–Crippen LogP) is 4.22. The van der Waals surface area contributed by atoms with Crippen LogP contribution in [0.5, 0.6) is 5.75 Å². The van der Waals surface area contributed by atoms with Gasteiger partial charge in [-0.25, -0.2) is 8.78 Å². The van der Waals surface area contributed by atoms with Gasteiger partial charge in [-0.3, -0.25) is 0 Å². The molecule has 0 spiro atoms. The van der Waals surface area contributed by atoms with Gasteiger partial charge in [0.25, 0.3) is 0 Å². The lowest BCUT2D eigenvalue weighted by molar-refractivity contribution is 0.0914. The quantitative estimate of drug-likeness (QED) is 0.805. The summed E-state index contributed by atoms with van der Waals surface area (Å²) < 4.78 is 32.6. The first-order valence-corrected chi connectivity index (χ1v) is 6.76. The number of ether oxygens (including phenoxy) is 1. The first-order chi connectivity index (χ1) is 9.04. The Morgan fingerprint density at radius 1 is 1.21 bits per heavy atom. The zero-order valence-electron chi connectivity index (χ0n) is 11.7. The highest BCUT2D eigenvalue weighted by molar-refractivity contribution is 5.32. The van der Waals surface area contributed by atoms with E-state index in [-0.39, 0.29) is 17.2 Å². The van der Waals surface area contributed by atoms with Gasteiger partial charge in [-0.05, 0) is 12.3 Å². The molecular formula is C15H22F2O2. The largest absolute Gasteiger partial charge is 0.497 e. The number of halogens is 2. The van der Waals surface area contributed by atoms with Crippen LogP contribution in [0.25, 0.3) is 0 Å². The van der Waals surface area contributed by atoms with Gasteiger partial charge in [-0.15, -0.1) is 0 Å². The van der Waals surface area contributed by atoms with E-state index in [1.807, 2.05) is 13.8 Å². The topological polar surface area (TPSA) is 29.5 Å². The molecule has 19 heavy (non-hydrogen) atoms. The third kappa shape index (κ3) is 3.90. The van der Waals surface area contributed by atoms with Gasteiger partial charge >= 0.3 is 0 Å². The molecule has 1 rings (SSSR count). The second kappa shape index (κ2) is 7.43. The number of unbranched alkanes of at least 4 members (excludes halogenated alkanes) is 1. The maximum Gasteiger partial charge on any atom is 0.135 e. The zero-order chi connectivity index (χ0) is 14.4. The Hall–Kier alpha value is -1.16. The van der Waals surface area contributed by atoms with Crippen LogP contribution in [0, 0.1) is 17.6 Å². The third-order valence-corrected chi connectivity index (χ3v) is 3.48. The summed E-state index contributed by atoms with van der Waals surface area (Å²) in [7, 11) is 1.35. The van der Waals surface area contributed by atoms with Crippen LogP contribution in [-0.4, -0.2) is 12.2 Å². The van der Waals surface area contributed by atoms with Crippen molar-refractivity contribution in [2.24, 2.45) is 5.92 Å². The molecule has 2 unspecified atom stereocenters. The van der Waals surface area contributed by atoms with Crippen LogP contribution in [0.4, 0.5) is 8.78 Å². The van der Waals surface area contributed by atoms with Crippen LogP contribution < -0.4 is 4.74 Å². The molecule has 2 atom stereocenters. The molecule has 0 aliphatic heterocycles. The minimum absolute atomic E-state index is 0.118. The van der Waals surface area contributed by atoms with Gasteiger partial charge in [0.05, 0.1) is 18.8 Å². The monoisotopic (exact) mass is 272 g/mol. The van der Waals surface area contributed by atoms with E-state index in [2.05, 4.69) is 0 Å². The van der Waals surface area contributed by atoms with E-state index in [1.165, 1.54) is 7.11 Å². The number of methoxy groups -OCH3 is 1. The first kappa shape index (κ1) is 15.9. The molecule has 0 saturated carbocycles. The fourth-order valence-corrected chi connectivity index (χ4v) is 2.25. The van der Waals surface area contributed by atoms with Crippen LogP contribution >= 0.6 is 0 Å². The van der Waals surface area contributed by atoms with Crippen molar-refractivity contribution < 1.29 is 18.6 Å². The van der Waals surface area contributed by atoms with E-state index in [1.54, 1.807) is 0 Å². The molecule has 0 aliphatic rings. The van der Waals surface area contributed by atoms with Crippen LogP contribution in [0.15, 0.2) is 12.1 Å². The van der Waals surface area contributed by atoms with Crippen LogP contribution in [0.3, 0.4) is 0 Å². The number of aliphatic hydroxyl groups is 1. The zero-order valence-corrected chi connectivity index (χ0v) is 11.7. The maximum atomic E-state index is 13.9. The Morgan fingerprint density at radius 2 is 1.79 bits per heavy atom. The second-order valence-corrected chi connectivity index (χ2v) is 4.76. The first-order valence-electron chi connectivity index (χ1n) is 6.76. The standard InChI is InChI=1S/C15H22F2O2/c1-4-6-7-10(5-2)15(18)14-12(16)8-11(19-3)9-13(14)17/h8-10,15,18H,4-7H2,1-3H3. The molecule has 1 aromatic rings. The van der Waals surface area contributed by atoms with Gasteiger partial charge in [0.2, 0.25) is 0 Å².